The molecule has 1 saturated carbocycles. The van der Waals surface area contributed by atoms with E-state index in [-0.39, 0.29) is 17.4 Å². The average molecular weight is 478 g/mol. The Kier molecular flexibility index (Phi) is 5.08. The number of halogens is 1. The van der Waals surface area contributed by atoms with Crippen molar-refractivity contribution in [2.45, 2.75) is 64.6 Å². The van der Waals surface area contributed by atoms with Gasteiger partial charge in [-0.1, -0.05) is 6.07 Å². The maximum absolute atomic E-state index is 13.2. The number of carbonyl (C=O) groups is 2. The number of rotatable bonds is 4. The first-order chi connectivity index (χ1) is 14.1. The first-order valence-corrected chi connectivity index (χ1v) is 10.6. The molecule has 1 N–H and O–H groups in total. The number of hydrogen-bond acceptors (Lipinski definition) is 7. The lowest BCUT2D eigenvalue weighted by Gasteiger charge is -2.29. The lowest BCUT2D eigenvalue weighted by molar-refractivity contribution is -0.121. The average Bonchev–Trinajstić information content (AvgIpc) is 2.99. The van der Waals surface area contributed by atoms with Gasteiger partial charge in [-0.2, -0.15) is 0 Å². The number of ether oxygens (including phenoxy) is 1. The van der Waals surface area contributed by atoms with Crippen molar-refractivity contribution in [3.63, 3.8) is 0 Å². The van der Waals surface area contributed by atoms with Gasteiger partial charge in [-0.25, -0.2) is 9.78 Å². The number of piperidine rings is 1. The molecule has 2 aromatic heterocycles. The van der Waals surface area contributed by atoms with E-state index in [1.54, 1.807) is 4.90 Å². The number of carbonyl (C=O) groups excluding carboxylic acids is 2. The van der Waals surface area contributed by atoms with Crippen molar-refractivity contribution in [1.82, 2.24) is 20.1 Å². The van der Waals surface area contributed by atoms with Gasteiger partial charge < -0.3 is 14.5 Å². The van der Waals surface area contributed by atoms with Gasteiger partial charge >= 0.3 is 6.09 Å². The summed E-state index contributed by atoms with van der Waals surface area (Å²) in [6.07, 6.45) is 2.59. The fourth-order valence-corrected chi connectivity index (χ4v) is 4.40. The van der Waals surface area contributed by atoms with E-state index >= 15 is 0 Å². The summed E-state index contributed by atoms with van der Waals surface area (Å²) in [5.74, 6) is 0.684. The molecule has 2 amide bonds. The van der Waals surface area contributed by atoms with E-state index in [0.29, 0.717) is 29.2 Å². The molecule has 2 aliphatic rings. The van der Waals surface area contributed by atoms with Crippen LogP contribution in [0.4, 0.5) is 10.6 Å². The second-order valence-corrected chi connectivity index (χ2v) is 9.80. The van der Waals surface area contributed by atoms with Crippen molar-refractivity contribution in [3.8, 4) is 0 Å². The van der Waals surface area contributed by atoms with Crippen LogP contribution < -0.4 is 5.32 Å². The Morgan fingerprint density at radius 3 is 2.80 bits per heavy atom. The molecule has 0 radical (unpaired) electrons. The molecule has 30 heavy (non-hydrogen) atoms. The van der Waals surface area contributed by atoms with Gasteiger partial charge in [0.15, 0.2) is 0 Å². The highest BCUT2D eigenvalue weighted by Gasteiger charge is 2.68. The summed E-state index contributed by atoms with van der Waals surface area (Å²) in [7, 11) is 0. The van der Waals surface area contributed by atoms with Crippen LogP contribution in [0.15, 0.2) is 27.5 Å². The first kappa shape index (κ1) is 20.8. The van der Waals surface area contributed by atoms with Gasteiger partial charge in [0.1, 0.15) is 22.1 Å². The van der Waals surface area contributed by atoms with E-state index in [4.69, 9.17) is 9.15 Å². The van der Waals surface area contributed by atoms with Crippen LogP contribution >= 0.6 is 15.9 Å². The van der Waals surface area contributed by atoms with Crippen molar-refractivity contribution in [3.05, 3.63) is 34.6 Å². The number of pyridine rings is 1. The summed E-state index contributed by atoms with van der Waals surface area (Å²) in [5.41, 5.74) is -0.0858. The fraction of sp³-hybridized carbons (Fsp3) is 0.550. The summed E-state index contributed by atoms with van der Waals surface area (Å²) >= 11 is 3.33. The normalized spacial score (nSPS) is 25.0. The molecule has 0 aromatic carbocycles. The third-order valence-corrected chi connectivity index (χ3v) is 5.98. The number of likely N-dealkylation sites (tertiary alicyclic amines) is 1. The van der Waals surface area contributed by atoms with Gasteiger partial charge in [0.2, 0.25) is 18.2 Å². The molecule has 0 unspecified atom stereocenters. The van der Waals surface area contributed by atoms with Crippen LogP contribution in [0, 0.1) is 12.3 Å². The van der Waals surface area contributed by atoms with Crippen molar-refractivity contribution in [1.29, 1.82) is 0 Å². The Bertz CT molecular complexity index is 974. The van der Waals surface area contributed by atoms with Crippen molar-refractivity contribution < 1.29 is 18.7 Å². The molecule has 4 rings (SSSR count). The van der Waals surface area contributed by atoms with Crippen LogP contribution in [-0.4, -0.2) is 49.8 Å². The zero-order chi connectivity index (χ0) is 21.7. The number of nitrogens with one attached hydrogen (secondary N) is 1. The smallest absolute Gasteiger partial charge is 0.411 e. The third kappa shape index (κ3) is 4.05. The number of aryl methyl sites for hydroxylation is 1. The zero-order valence-electron chi connectivity index (χ0n) is 17.3. The van der Waals surface area contributed by atoms with E-state index in [1.165, 1.54) is 6.39 Å². The highest BCUT2D eigenvalue weighted by molar-refractivity contribution is 9.10. The van der Waals surface area contributed by atoms with Crippen LogP contribution in [0.25, 0.3) is 0 Å². The third-order valence-electron chi connectivity index (χ3n) is 5.54. The maximum atomic E-state index is 13.2. The van der Waals surface area contributed by atoms with Gasteiger partial charge in [-0.3, -0.25) is 9.69 Å². The highest BCUT2D eigenvalue weighted by Crippen LogP contribution is 2.61. The minimum absolute atomic E-state index is 0.105. The summed E-state index contributed by atoms with van der Waals surface area (Å²) < 4.78 is 11.5. The minimum atomic E-state index is -0.665. The Morgan fingerprint density at radius 2 is 2.13 bits per heavy atom. The SMILES string of the molecule is Cc1ccc(Br)nc1NC(=O)[C@@H]1C[C@@]2(Cc3nnco3)C[C@H]2N1C(=O)OC(C)(C)C. The predicted molar refractivity (Wildman–Crippen MR) is 111 cm³/mol. The Hall–Kier alpha value is -2.49. The monoisotopic (exact) mass is 477 g/mol. The Balaban J connectivity index is 1.58. The van der Waals surface area contributed by atoms with Crippen molar-refractivity contribution >= 4 is 33.7 Å². The molecule has 3 heterocycles. The molecule has 1 saturated heterocycles. The van der Waals surface area contributed by atoms with E-state index in [1.807, 2.05) is 39.8 Å². The zero-order valence-corrected chi connectivity index (χ0v) is 18.9. The maximum Gasteiger partial charge on any atom is 0.411 e. The predicted octanol–water partition coefficient (Wildman–Crippen LogP) is 3.48. The van der Waals surface area contributed by atoms with Crippen molar-refractivity contribution in [2.24, 2.45) is 5.41 Å². The molecule has 0 bridgehead atoms. The van der Waals surface area contributed by atoms with Gasteiger partial charge in [0.25, 0.3) is 0 Å². The van der Waals surface area contributed by atoms with Crippen LogP contribution in [0.5, 0.6) is 0 Å². The second kappa shape index (κ2) is 7.33. The second-order valence-electron chi connectivity index (χ2n) is 8.99. The van der Waals surface area contributed by atoms with E-state index < -0.39 is 17.7 Å². The van der Waals surface area contributed by atoms with E-state index in [0.717, 1.165) is 12.0 Å². The molecule has 2 fully saturated rings. The standard InChI is InChI=1S/C20H24BrN5O4/c1-11-5-6-14(21)23-16(11)24-17(27)12-7-20(9-15-25-22-10-29-15)8-13(20)26(12)18(28)30-19(2,3)4/h5-6,10,12-13H,7-9H2,1-4H3,(H,23,24,27)/t12-,13+,20-/m0/s1. The molecule has 10 heteroatoms. The Labute approximate surface area is 182 Å². The fourth-order valence-electron chi connectivity index (χ4n) is 4.10. The van der Waals surface area contributed by atoms with Crippen molar-refractivity contribution in [2.75, 3.05) is 5.32 Å². The Morgan fingerprint density at radius 1 is 1.37 bits per heavy atom. The number of hydrogen-bond donors (Lipinski definition) is 1. The van der Waals surface area contributed by atoms with Crippen LogP contribution in [0.3, 0.4) is 0 Å². The number of anilines is 1. The molecule has 1 aliphatic carbocycles. The summed E-state index contributed by atoms with van der Waals surface area (Å²) in [5, 5.41) is 10.6. The van der Waals surface area contributed by atoms with Gasteiger partial charge in [0, 0.05) is 17.9 Å². The van der Waals surface area contributed by atoms with Gasteiger partial charge in [-0.05, 0) is 68.1 Å². The first-order valence-electron chi connectivity index (χ1n) is 9.78. The number of amides is 2. The van der Waals surface area contributed by atoms with Gasteiger partial charge in [-0.15, -0.1) is 10.2 Å². The topological polar surface area (TPSA) is 110 Å². The molecule has 0 spiro atoms. The molecule has 160 valence electrons. The lowest BCUT2D eigenvalue weighted by Crippen LogP contribution is -2.47. The highest BCUT2D eigenvalue weighted by atomic mass is 79.9. The van der Waals surface area contributed by atoms with E-state index in [9.17, 15) is 9.59 Å². The summed E-state index contributed by atoms with van der Waals surface area (Å²) in [4.78, 5) is 32.1. The summed E-state index contributed by atoms with van der Waals surface area (Å²) in [6, 6.07) is 2.90. The molecule has 3 atom stereocenters. The van der Waals surface area contributed by atoms with Crippen LogP contribution in [-0.2, 0) is 16.0 Å². The lowest BCUT2D eigenvalue weighted by atomic mass is 9.95. The number of aromatic nitrogens is 3. The number of fused-ring (bicyclic) bond motifs is 1. The molecular weight excluding hydrogens is 454 g/mol. The molecule has 1 aliphatic heterocycles. The van der Waals surface area contributed by atoms with E-state index in [2.05, 4.69) is 36.4 Å². The van der Waals surface area contributed by atoms with Crippen LogP contribution in [0.2, 0.25) is 0 Å². The minimum Gasteiger partial charge on any atom is -0.444 e. The summed E-state index contributed by atoms with van der Waals surface area (Å²) in [6.45, 7) is 7.29. The molecule has 9 nitrogen and oxygen atoms in total. The van der Waals surface area contributed by atoms with Gasteiger partial charge in [0.05, 0.1) is 0 Å². The number of nitrogens with zero attached hydrogens (tertiary/aromatic N) is 4. The largest absolute Gasteiger partial charge is 0.444 e. The molecular formula is C20H24BrN5O4. The quantitative estimate of drug-likeness (QED) is 0.670. The van der Waals surface area contributed by atoms with Crippen LogP contribution in [0.1, 0.15) is 45.1 Å². The molecule has 2 aromatic rings.